The van der Waals surface area contributed by atoms with E-state index in [-0.39, 0.29) is 28.8 Å². The third-order valence-corrected chi connectivity index (χ3v) is 8.72. The van der Waals surface area contributed by atoms with Crippen molar-refractivity contribution in [2.45, 2.75) is 69.1 Å². The van der Waals surface area contributed by atoms with Crippen LogP contribution in [0.25, 0.3) is 0 Å². The van der Waals surface area contributed by atoms with E-state index in [4.69, 9.17) is 10.2 Å². The van der Waals surface area contributed by atoms with Gasteiger partial charge < -0.3 is 20.4 Å². The highest BCUT2D eigenvalue weighted by Crippen LogP contribution is 2.36. The van der Waals surface area contributed by atoms with Crippen LogP contribution in [0.2, 0.25) is 0 Å². The maximum atomic E-state index is 13.4. The van der Waals surface area contributed by atoms with Crippen molar-refractivity contribution in [2.75, 3.05) is 26.7 Å². The summed E-state index contributed by atoms with van der Waals surface area (Å²) in [6.45, 7) is 5.28. The van der Waals surface area contributed by atoms with Crippen LogP contribution in [0, 0.1) is 11.8 Å². The van der Waals surface area contributed by atoms with Gasteiger partial charge >= 0.3 is 18.1 Å². The zero-order valence-corrected chi connectivity index (χ0v) is 24.1. The highest BCUT2D eigenvalue weighted by molar-refractivity contribution is 7.89. The fraction of sp³-hybridized carbons (Fsp3) is 0.593. The van der Waals surface area contributed by atoms with Crippen molar-refractivity contribution in [3.63, 3.8) is 0 Å². The van der Waals surface area contributed by atoms with E-state index in [2.05, 4.69) is 19.2 Å². The van der Waals surface area contributed by atoms with Gasteiger partial charge in [0.15, 0.2) is 0 Å². The molecular weight excluding hydrogens is 567 g/mol. The van der Waals surface area contributed by atoms with Crippen LogP contribution in [0.3, 0.4) is 0 Å². The first-order valence-corrected chi connectivity index (χ1v) is 14.8. The van der Waals surface area contributed by atoms with Gasteiger partial charge in [0.2, 0.25) is 15.9 Å². The number of amides is 1. The van der Waals surface area contributed by atoms with Gasteiger partial charge in [-0.25, -0.2) is 18.0 Å². The second kappa shape index (κ2) is 14.8. The van der Waals surface area contributed by atoms with Crippen LogP contribution in [0.4, 0.5) is 13.2 Å². The average molecular weight is 606 g/mol. The van der Waals surface area contributed by atoms with E-state index in [1.165, 1.54) is 10.4 Å². The van der Waals surface area contributed by atoms with E-state index in [0.717, 1.165) is 31.0 Å². The highest BCUT2D eigenvalue weighted by Gasteiger charge is 2.40. The molecule has 14 heteroatoms. The van der Waals surface area contributed by atoms with Crippen molar-refractivity contribution in [3.8, 4) is 0 Å². The molecule has 0 unspecified atom stereocenters. The van der Waals surface area contributed by atoms with E-state index < -0.39 is 33.7 Å². The molecule has 0 aromatic heterocycles. The lowest BCUT2D eigenvalue weighted by molar-refractivity contribution is -0.138. The molecule has 0 bridgehead atoms. The molecule has 0 radical (unpaired) electrons. The summed E-state index contributed by atoms with van der Waals surface area (Å²) in [5, 5.41) is 18.7. The van der Waals surface area contributed by atoms with Crippen LogP contribution >= 0.6 is 0 Å². The first kappa shape index (κ1) is 34.2. The number of nitrogens with one attached hydrogen (secondary N) is 1. The number of carbonyl (C=O) groups excluding carboxylic acids is 1. The molecule has 1 saturated carbocycles. The molecule has 1 saturated heterocycles. The molecule has 1 aromatic carbocycles. The van der Waals surface area contributed by atoms with Crippen LogP contribution in [0.15, 0.2) is 41.3 Å². The van der Waals surface area contributed by atoms with Gasteiger partial charge in [0.05, 0.1) is 16.5 Å². The summed E-state index contributed by atoms with van der Waals surface area (Å²) in [5.41, 5.74) is -0.973. The first-order valence-electron chi connectivity index (χ1n) is 13.3. The molecule has 2 aliphatic rings. The van der Waals surface area contributed by atoms with Gasteiger partial charge in [-0.3, -0.25) is 4.79 Å². The number of rotatable bonds is 11. The number of alkyl halides is 3. The molecular formula is C27H38F3N3O7S. The van der Waals surface area contributed by atoms with E-state index in [0.29, 0.717) is 57.0 Å². The van der Waals surface area contributed by atoms with Crippen LogP contribution in [0.5, 0.6) is 0 Å². The van der Waals surface area contributed by atoms with Crippen LogP contribution in [-0.4, -0.2) is 84.4 Å². The number of carbonyl (C=O) groups is 3. The standard InChI is InChI=1S/C23H34F3N3O3S.C4H4O4/c1-16(2)13-21(27-3)22(30)28-11-9-19(10-12-28)29(15-17-7-8-17)33(31,32)20-6-4-5-18(14-20)23(24,25)26;5-3(6)1-2-4(7)8/h4-6,14,16-17,19,21,27H,7-13,15H2,1-3H3;1-2H,(H,5,6)(H,7,8)/b;2-1+/t21-;/m0./s1. The average Bonchev–Trinajstić information content (AvgIpc) is 3.73. The minimum absolute atomic E-state index is 0.0131. The normalized spacial score (nSPS) is 17.4. The van der Waals surface area contributed by atoms with Crippen molar-refractivity contribution in [1.29, 1.82) is 0 Å². The molecule has 0 spiro atoms. The number of piperidine rings is 1. The van der Waals surface area contributed by atoms with Crippen molar-refractivity contribution < 1.29 is 46.2 Å². The van der Waals surface area contributed by atoms with Gasteiger partial charge in [0.25, 0.3) is 0 Å². The predicted molar refractivity (Wildman–Crippen MR) is 144 cm³/mol. The Balaban J connectivity index is 0.000000642. The molecule has 1 aliphatic carbocycles. The summed E-state index contributed by atoms with van der Waals surface area (Å²) in [6.07, 6.45) is -0.00440. The summed E-state index contributed by atoms with van der Waals surface area (Å²) in [4.78, 5) is 33.5. The zero-order chi connectivity index (χ0) is 31.0. The van der Waals surface area contributed by atoms with Gasteiger partial charge in [-0.1, -0.05) is 19.9 Å². The fourth-order valence-corrected chi connectivity index (χ4v) is 6.32. The van der Waals surface area contributed by atoms with Crippen LogP contribution in [0.1, 0.15) is 51.5 Å². The maximum absolute atomic E-state index is 13.4. The smallest absolute Gasteiger partial charge is 0.416 e. The SMILES string of the molecule is CN[C@@H](CC(C)C)C(=O)N1CCC(N(CC2CC2)S(=O)(=O)c2cccc(C(F)(F)F)c2)CC1.O=C(O)/C=C/C(=O)O. The molecule has 1 aliphatic heterocycles. The number of sulfonamides is 1. The van der Waals surface area contributed by atoms with E-state index in [9.17, 15) is 36.0 Å². The Morgan fingerprint density at radius 2 is 1.63 bits per heavy atom. The Morgan fingerprint density at radius 3 is 2.07 bits per heavy atom. The number of likely N-dealkylation sites (N-methyl/N-ethyl adjacent to an activating group) is 1. The summed E-state index contributed by atoms with van der Waals surface area (Å²) < 4.78 is 67.8. The topological polar surface area (TPSA) is 144 Å². The molecule has 10 nitrogen and oxygen atoms in total. The third kappa shape index (κ3) is 10.7. The van der Waals surface area contributed by atoms with Gasteiger partial charge in [0, 0.05) is 37.8 Å². The number of aliphatic carboxylic acids is 2. The Morgan fingerprint density at radius 1 is 1.07 bits per heavy atom. The van der Waals surface area contributed by atoms with E-state index >= 15 is 0 Å². The van der Waals surface area contributed by atoms with E-state index in [1.807, 2.05) is 0 Å². The van der Waals surface area contributed by atoms with E-state index in [1.54, 1.807) is 11.9 Å². The monoisotopic (exact) mass is 605 g/mol. The van der Waals surface area contributed by atoms with Gasteiger partial charge in [-0.15, -0.1) is 0 Å². The molecule has 1 amide bonds. The second-order valence-corrected chi connectivity index (χ2v) is 12.5. The number of nitrogens with zero attached hydrogens (tertiary/aromatic N) is 2. The summed E-state index contributed by atoms with van der Waals surface area (Å²) in [6, 6.07) is 3.34. The predicted octanol–water partition coefficient (Wildman–Crippen LogP) is 3.44. The van der Waals surface area contributed by atoms with Crippen LogP contribution in [-0.2, 0) is 30.6 Å². The Kier molecular flexibility index (Phi) is 12.3. The molecule has 3 N–H and O–H groups in total. The molecule has 1 atom stereocenters. The summed E-state index contributed by atoms with van der Waals surface area (Å²) >= 11 is 0. The lowest BCUT2D eigenvalue weighted by Crippen LogP contribution is -2.53. The van der Waals surface area contributed by atoms with Crippen molar-refractivity contribution in [3.05, 3.63) is 42.0 Å². The van der Waals surface area contributed by atoms with Gasteiger partial charge in [-0.2, -0.15) is 17.5 Å². The molecule has 2 fully saturated rings. The third-order valence-electron chi connectivity index (χ3n) is 6.81. The summed E-state index contributed by atoms with van der Waals surface area (Å²) in [7, 11) is -2.33. The Bertz CT molecular complexity index is 1180. The number of hydrogen-bond donors (Lipinski definition) is 3. The van der Waals surface area contributed by atoms with Crippen molar-refractivity contribution in [1.82, 2.24) is 14.5 Å². The number of likely N-dealkylation sites (tertiary alicyclic amines) is 1. The fourth-order valence-electron chi connectivity index (χ4n) is 4.52. The zero-order valence-electron chi connectivity index (χ0n) is 23.3. The summed E-state index contributed by atoms with van der Waals surface area (Å²) in [5.74, 6) is -1.90. The minimum atomic E-state index is -4.61. The molecule has 230 valence electrons. The quantitative estimate of drug-likeness (QED) is 0.326. The molecule has 1 aromatic rings. The lowest BCUT2D eigenvalue weighted by Gasteiger charge is -2.39. The largest absolute Gasteiger partial charge is 0.478 e. The number of carboxylic acids is 2. The number of carboxylic acid groups (broad SMARTS) is 2. The molecule has 1 heterocycles. The number of benzene rings is 1. The lowest BCUT2D eigenvalue weighted by atomic mass is 10.00. The maximum Gasteiger partial charge on any atom is 0.416 e. The van der Waals surface area contributed by atoms with Gasteiger partial charge in [0.1, 0.15) is 0 Å². The number of hydrogen-bond acceptors (Lipinski definition) is 6. The first-order chi connectivity index (χ1) is 19.1. The Labute approximate surface area is 238 Å². The van der Waals surface area contributed by atoms with Crippen molar-refractivity contribution >= 4 is 27.9 Å². The Hall–Kier alpha value is -2.97. The number of halogens is 3. The van der Waals surface area contributed by atoms with Gasteiger partial charge in [-0.05, 0) is 69.2 Å². The highest BCUT2D eigenvalue weighted by atomic mass is 32.2. The van der Waals surface area contributed by atoms with Crippen LogP contribution < -0.4 is 5.32 Å². The molecule has 41 heavy (non-hydrogen) atoms. The second-order valence-electron chi connectivity index (χ2n) is 10.6. The molecule has 3 rings (SSSR count). The minimum Gasteiger partial charge on any atom is -0.478 e. The van der Waals surface area contributed by atoms with Crippen molar-refractivity contribution in [2.24, 2.45) is 11.8 Å².